The first-order valence-corrected chi connectivity index (χ1v) is 9.15. The van der Waals surface area contributed by atoms with Gasteiger partial charge in [0.05, 0.1) is 17.6 Å². The molecular formula is C22H15Cl2NO2. The van der Waals surface area contributed by atoms with Crippen LogP contribution < -0.4 is 0 Å². The van der Waals surface area contributed by atoms with Gasteiger partial charge in [-0.25, -0.2) is 0 Å². The molecule has 3 aromatic carbocycles. The van der Waals surface area contributed by atoms with Crippen LogP contribution in [0.25, 0.3) is 10.9 Å². The van der Waals surface area contributed by atoms with Crippen LogP contribution in [-0.2, 0) is 6.54 Å². The van der Waals surface area contributed by atoms with Crippen LogP contribution in [0.15, 0.2) is 72.8 Å². The van der Waals surface area contributed by atoms with Crippen LogP contribution in [-0.4, -0.2) is 15.5 Å². The summed E-state index contributed by atoms with van der Waals surface area (Å²) in [5.41, 5.74) is 2.44. The topological polar surface area (TPSA) is 42.2 Å². The molecule has 0 spiro atoms. The molecule has 27 heavy (non-hydrogen) atoms. The van der Waals surface area contributed by atoms with Crippen molar-refractivity contribution in [3.05, 3.63) is 99.5 Å². The number of hydrogen-bond donors (Lipinski definition) is 1. The average Bonchev–Trinajstić information content (AvgIpc) is 2.94. The van der Waals surface area contributed by atoms with E-state index < -0.39 is 0 Å². The van der Waals surface area contributed by atoms with E-state index in [1.165, 1.54) is 0 Å². The van der Waals surface area contributed by atoms with E-state index in [0.717, 1.165) is 5.56 Å². The minimum Gasteiger partial charge on any atom is -0.494 e. The molecule has 1 heterocycles. The summed E-state index contributed by atoms with van der Waals surface area (Å²) < 4.78 is 1.71. The third-order valence-corrected chi connectivity index (χ3v) is 5.00. The highest BCUT2D eigenvalue weighted by atomic mass is 35.5. The number of carbonyl (C=O) groups excluding carboxylic acids is 1. The molecule has 0 unspecified atom stereocenters. The Labute approximate surface area is 166 Å². The maximum Gasteiger partial charge on any atom is 0.203 e. The lowest BCUT2D eigenvalue weighted by Gasteiger charge is -2.08. The van der Waals surface area contributed by atoms with Crippen molar-refractivity contribution in [3.8, 4) is 5.88 Å². The van der Waals surface area contributed by atoms with Crippen LogP contribution in [0.2, 0.25) is 10.0 Å². The third kappa shape index (κ3) is 3.32. The molecule has 1 N–H and O–H groups in total. The third-order valence-electron chi connectivity index (χ3n) is 4.52. The van der Waals surface area contributed by atoms with Crippen LogP contribution in [0.4, 0.5) is 0 Å². The number of aromatic nitrogens is 1. The number of benzene rings is 3. The van der Waals surface area contributed by atoms with E-state index >= 15 is 0 Å². The summed E-state index contributed by atoms with van der Waals surface area (Å²) >= 11 is 12.1. The predicted molar refractivity (Wildman–Crippen MR) is 109 cm³/mol. The van der Waals surface area contributed by atoms with Gasteiger partial charge in [-0.15, -0.1) is 0 Å². The van der Waals surface area contributed by atoms with E-state index in [-0.39, 0.29) is 17.2 Å². The van der Waals surface area contributed by atoms with Crippen molar-refractivity contribution in [2.45, 2.75) is 6.54 Å². The molecule has 134 valence electrons. The molecule has 1 aromatic heterocycles. The summed E-state index contributed by atoms with van der Waals surface area (Å²) in [4.78, 5) is 13.1. The highest BCUT2D eigenvalue weighted by Gasteiger charge is 2.23. The maximum atomic E-state index is 13.1. The van der Waals surface area contributed by atoms with E-state index in [4.69, 9.17) is 23.2 Å². The van der Waals surface area contributed by atoms with Crippen LogP contribution >= 0.6 is 23.2 Å². The van der Waals surface area contributed by atoms with Crippen LogP contribution in [0.5, 0.6) is 5.88 Å². The second-order valence-corrected chi connectivity index (χ2v) is 7.14. The fourth-order valence-corrected chi connectivity index (χ4v) is 3.50. The zero-order valence-electron chi connectivity index (χ0n) is 14.2. The monoisotopic (exact) mass is 395 g/mol. The lowest BCUT2D eigenvalue weighted by molar-refractivity contribution is 0.103. The molecule has 4 rings (SSSR count). The minimum atomic E-state index is -0.261. The number of rotatable bonds is 4. The first-order valence-electron chi connectivity index (χ1n) is 8.39. The molecule has 0 saturated carbocycles. The quantitative estimate of drug-likeness (QED) is 0.434. The van der Waals surface area contributed by atoms with Crippen molar-refractivity contribution in [3.63, 3.8) is 0 Å². The van der Waals surface area contributed by atoms with Crippen molar-refractivity contribution < 1.29 is 9.90 Å². The number of halogens is 2. The summed E-state index contributed by atoms with van der Waals surface area (Å²) in [5, 5.41) is 12.7. The van der Waals surface area contributed by atoms with Gasteiger partial charge in [0, 0.05) is 21.0 Å². The van der Waals surface area contributed by atoms with Gasteiger partial charge >= 0.3 is 0 Å². The van der Waals surface area contributed by atoms with E-state index in [9.17, 15) is 9.90 Å². The molecule has 0 fully saturated rings. The molecule has 5 heteroatoms. The normalized spacial score (nSPS) is 11.0. The fourth-order valence-electron chi connectivity index (χ4n) is 3.20. The number of fused-ring (bicyclic) bond motifs is 1. The van der Waals surface area contributed by atoms with Gasteiger partial charge in [-0.1, -0.05) is 59.6 Å². The second kappa shape index (κ2) is 7.10. The van der Waals surface area contributed by atoms with Gasteiger partial charge in [-0.3, -0.25) is 4.79 Å². The molecular weight excluding hydrogens is 381 g/mol. The highest BCUT2D eigenvalue weighted by Crippen LogP contribution is 2.35. The lowest BCUT2D eigenvalue weighted by Crippen LogP contribution is -2.02. The number of nitrogens with zero attached hydrogens (tertiary/aromatic N) is 1. The largest absolute Gasteiger partial charge is 0.494 e. The molecule has 0 amide bonds. The molecule has 0 bridgehead atoms. The zero-order valence-corrected chi connectivity index (χ0v) is 15.7. The van der Waals surface area contributed by atoms with E-state index in [2.05, 4.69) is 0 Å². The van der Waals surface area contributed by atoms with Crippen LogP contribution in [0.1, 0.15) is 21.5 Å². The van der Waals surface area contributed by atoms with Crippen molar-refractivity contribution >= 4 is 39.9 Å². The molecule has 0 saturated heterocycles. The van der Waals surface area contributed by atoms with Crippen molar-refractivity contribution in [1.29, 1.82) is 0 Å². The Hall–Kier alpha value is -2.75. The van der Waals surface area contributed by atoms with Crippen molar-refractivity contribution in [2.75, 3.05) is 0 Å². The molecule has 3 nitrogen and oxygen atoms in total. The van der Waals surface area contributed by atoms with E-state index in [1.807, 2.05) is 30.3 Å². The number of aromatic hydroxyl groups is 1. The first kappa shape index (κ1) is 17.7. The summed E-state index contributed by atoms with van der Waals surface area (Å²) in [7, 11) is 0. The number of ketones is 1. The summed E-state index contributed by atoms with van der Waals surface area (Å²) in [5.74, 6) is -0.334. The average molecular weight is 396 g/mol. The summed E-state index contributed by atoms with van der Waals surface area (Å²) in [6, 6.07) is 21.6. The standard InChI is InChI=1S/C22H15Cl2NO2/c23-16-8-6-15(7-9-16)21(26)20-18-11-10-17(24)12-19(18)25(22(20)27)13-14-4-2-1-3-5-14/h1-12,27H,13H2. The Kier molecular flexibility index (Phi) is 4.65. The first-order chi connectivity index (χ1) is 13.0. The molecule has 4 aromatic rings. The maximum absolute atomic E-state index is 13.1. The number of carbonyl (C=O) groups is 1. The Morgan fingerprint density at radius 2 is 1.56 bits per heavy atom. The summed E-state index contributed by atoms with van der Waals surface area (Å²) in [6.07, 6.45) is 0. The zero-order chi connectivity index (χ0) is 19.0. The van der Waals surface area contributed by atoms with Gasteiger partial charge in [0.15, 0.2) is 5.78 Å². The Bertz CT molecular complexity index is 1130. The Morgan fingerprint density at radius 1 is 0.889 bits per heavy atom. The Morgan fingerprint density at radius 3 is 2.26 bits per heavy atom. The van der Waals surface area contributed by atoms with Gasteiger partial charge in [0.25, 0.3) is 0 Å². The fraction of sp³-hybridized carbons (Fsp3) is 0.0455. The molecule has 0 aliphatic carbocycles. The van der Waals surface area contributed by atoms with Gasteiger partial charge in [0.2, 0.25) is 5.88 Å². The van der Waals surface area contributed by atoms with Gasteiger partial charge in [-0.05, 0) is 42.0 Å². The van der Waals surface area contributed by atoms with Gasteiger partial charge < -0.3 is 9.67 Å². The van der Waals surface area contributed by atoms with Crippen molar-refractivity contribution in [2.24, 2.45) is 0 Å². The predicted octanol–water partition coefficient (Wildman–Crippen LogP) is 5.93. The SMILES string of the molecule is O=C(c1ccc(Cl)cc1)c1c(O)n(Cc2ccccc2)c2cc(Cl)ccc12. The molecule has 0 radical (unpaired) electrons. The van der Waals surface area contributed by atoms with E-state index in [0.29, 0.717) is 33.1 Å². The smallest absolute Gasteiger partial charge is 0.203 e. The molecule has 0 aliphatic heterocycles. The number of hydrogen-bond acceptors (Lipinski definition) is 2. The van der Waals surface area contributed by atoms with Gasteiger partial charge in [0.1, 0.15) is 0 Å². The molecule has 0 aliphatic rings. The summed E-state index contributed by atoms with van der Waals surface area (Å²) in [6.45, 7) is 0.428. The second-order valence-electron chi connectivity index (χ2n) is 6.27. The Balaban J connectivity index is 1.89. The van der Waals surface area contributed by atoms with E-state index in [1.54, 1.807) is 47.0 Å². The van der Waals surface area contributed by atoms with Crippen LogP contribution in [0.3, 0.4) is 0 Å². The van der Waals surface area contributed by atoms with Gasteiger partial charge in [-0.2, -0.15) is 0 Å². The van der Waals surface area contributed by atoms with Crippen LogP contribution in [0, 0.1) is 0 Å². The minimum absolute atomic E-state index is 0.0731. The lowest BCUT2D eigenvalue weighted by atomic mass is 10.0. The highest BCUT2D eigenvalue weighted by molar-refractivity contribution is 6.32. The molecule has 0 atom stereocenters. The van der Waals surface area contributed by atoms with Crippen molar-refractivity contribution in [1.82, 2.24) is 4.57 Å².